The van der Waals surface area contributed by atoms with Gasteiger partial charge >= 0.3 is 0 Å². The predicted octanol–water partition coefficient (Wildman–Crippen LogP) is 1.96. The number of sulfonamides is 1. The summed E-state index contributed by atoms with van der Waals surface area (Å²) < 4.78 is 27.4. The first-order valence-electron chi connectivity index (χ1n) is 6.18. The normalized spacial score (nSPS) is 11.3. The largest absolute Gasteiger partial charge is 0.326 e. The lowest BCUT2D eigenvalue weighted by atomic mass is 10.1. The Morgan fingerprint density at radius 3 is 2.65 bits per heavy atom. The lowest BCUT2D eigenvalue weighted by molar-refractivity contribution is 0.600. The number of aromatic nitrogens is 1. The molecule has 6 heteroatoms. The van der Waals surface area contributed by atoms with E-state index in [1.54, 1.807) is 44.3 Å². The summed E-state index contributed by atoms with van der Waals surface area (Å²) in [7, 11) is -3.63. The molecule has 2 aromatic rings. The topological polar surface area (TPSA) is 85.1 Å². The third-order valence-corrected chi connectivity index (χ3v) is 4.58. The number of pyridine rings is 1. The Bertz CT molecular complexity index is 727. The number of aryl methyl sites for hydroxylation is 1. The summed E-state index contributed by atoms with van der Waals surface area (Å²) in [6, 6.07) is 8.39. The van der Waals surface area contributed by atoms with Gasteiger partial charge in [-0.2, -0.15) is 0 Å². The fourth-order valence-electron chi connectivity index (χ4n) is 1.99. The highest BCUT2D eigenvalue weighted by Gasteiger charge is 2.18. The zero-order valence-electron chi connectivity index (χ0n) is 11.4. The van der Waals surface area contributed by atoms with Gasteiger partial charge in [-0.3, -0.25) is 9.71 Å². The van der Waals surface area contributed by atoms with Crippen LogP contribution in [0.25, 0.3) is 0 Å². The van der Waals surface area contributed by atoms with Crippen LogP contribution in [0.1, 0.15) is 16.8 Å². The third-order valence-electron chi connectivity index (χ3n) is 3.05. The van der Waals surface area contributed by atoms with Crippen LogP contribution in [0.3, 0.4) is 0 Å². The van der Waals surface area contributed by atoms with E-state index in [9.17, 15) is 8.42 Å². The van der Waals surface area contributed by atoms with Crippen molar-refractivity contribution in [3.05, 3.63) is 53.3 Å². The van der Waals surface area contributed by atoms with Gasteiger partial charge < -0.3 is 5.73 Å². The Kier molecular flexibility index (Phi) is 4.06. The second kappa shape index (κ2) is 5.60. The number of nitrogens with zero attached hydrogens (tertiary/aromatic N) is 1. The molecule has 0 aliphatic heterocycles. The van der Waals surface area contributed by atoms with Crippen molar-refractivity contribution < 1.29 is 8.42 Å². The Labute approximate surface area is 118 Å². The zero-order chi connectivity index (χ0) is 14.8. The minimum Gasteiger partial charge on any atom is -0.326 e. The number of nitrogens with two attached hydrogens (primary N) is 1. The van der Waals surface area contributed by atoms with Gasteiger partial charge in [0.1, 0.15) is 0 Å². The Hall–Kier alpha value is -1.92. The van der Waals surface area contributed by atoms with Crippen LogP contribution in [0.2, 0.25) is 0 Å². The first kappa shape index (κ1) is 14.5. The molecule has 106 valence electrons. The van der Waals surface area contributed by atoms with Crippen molar-refractivity contribution >= 4 is 15.7 Å². The molecule has 1 aromatic heterocycles. The van der Waals surface area contributed by atoms with Gasteiger partial charge in [0, 0.05) is 18.4 Å². The molecule has 0 aliphatic carbocycles. The highest BCUT2D eigenvalue weighted by atomic mass is 32.2. The van der Waals surface area contributed by atoms with E-state index in [-0.39, 0.29) is 4.90 Å². The van der Waals surface area contributed by atoms with Crippen molar-refractivity contribution in [2.75, 3.05) is 4.72 Å². The first-order valence-corrected chi connectivity index (χ1v) is 7.66. The third kappa shape index (κ3) is 2.97. The highest BCUT2D eigenvalue weighted by molar-refractivity contribution is 7.92. The van der Waals surface area contributed by atoms with E-state index in [0.717, 1.165) is 11.3 Å². The molecule has 0 unspecified atom stereocenters. The van der Waals surface area contributed by atoms with Gasteiger partial charge in [0.2, 0.25) is 0 Å². The number of anilines is 1. The molecule has 0 saturated carbocycles. The molecular formula is C14H17N3O2S. The molecule has 0 aliphatic rings. The van der Waals surface area contributed by atoms with Crippen LogP contribution < -0.4 is 10.5 Å². The molecule has 0 radical (unpaired) electrons. The Morgan fingerprint density at radius 2 is 2.00 bits per heavy atom. The Balaban J connectivity index is 2.41. The molecule has 1 aromatic carbocycles. The second-order valence-corrected chi connectivity index (χ2v) is 6.19. The maximum absolute atomic E-state index is 12.4. The summed E-state index contributed by atoms with van der Waals surface area (Å²) in [6.07, 6.45) is 1.57. The summed E-state index contributed by atoms with van der Waals surface area (Å²) in [5.74, 6) is 0. The number of nitrogens with one attached hydrogen (secondary N) is 1. The van der Waals surface area contributed by atoms with Gasteiger partial charge in [-0.15, -0.1) is 0 Å². The highest BCUT2D eigenvalue weighted by Crippen LogP contribution is 2.21. The predicted molar refractivity (Wildman–Crippen MR) is 78.9 cm³/mol. The fraction of sp³-hybridized carbons (Fsp3) is 0.214. The van der Waals surface area contributed by atoms with E-state index in [1.165, 1.54) is 0 Å². The fourth-order valence-corrected chi connectivity index (χ4v) is 3.33. The van der Waals surface area contributed by atoms with Crippen molar-refractivity contribution in [3.63, 3.8) is 0 Å². The number of hydrogen-bond donors (Lipinski definition) is 2. The van der Waals surface area contributed by atoms with Gasteiger partial charge in [0.25, 0.3) is 10.0 Å². The van der Waals surface area contributed by atoms with Crippen LogP contribution in [-0.4, -0.2) is 13.4 Å². The van der Waals surface area contributed by atoms with Gasteiger partial charge in [-0.1, -0.05) is 12.1 Å². The SMILES string of the molecule is Cc1cc(NS(=O)(=O)c2cccc(CN)c2C)ccn1. The second-order valence-electron chi connectivity index (χ2n) is 4.54. The van der Waals surface area contributed by atoms with Crippen LogP contribution in [0.4, 0.5) is 5.69 Å². The average Bonchev–Trinajstić information content (AvgIpc) is 2.38. The molecule has 0 spiro atoms. The summed E-state index contributed by atoms with van der Waals surface area (Å²) in [5, 5.41) is 0. The molecule has 20 heavy (non-hydrogen) atoms. The van der Waals surface area contributed by atoms with Crippen molar-refractivity contribution in [2.24, 2.45) is 5.73 Å². The Morgan fingerprint density at radius 1 is 1.25 bits per heavy atom. The van der Waals surface area contributed by atoms with Crippen LogP contribution in [0, 0.1) is 13.8 Å². The first-order chi connectivity index (χ1) is 9.44. The number of hydrogen-bond acceptors (Lipinski definition) is 4. The molecule has 0 bridgehead atoms. The molecule has 0 fully saturated rings. The number of rotatable bonds is 4. The van der Waals surface area contributed by atoms with E-state index in [1.807, 2.05) is 6.07 Å². The average molecular weight is 291 g/mol. The lowest BCUT2D eigenvalue weighted by Crippen LogP contribution is -2.15. The molecule has 1 heterocycles. The lowest BCUT2D eigenvalue weighted by Gasteiger charge is -2.12. The van der Waals surface area contributed by atoms with E-state index in [2.05, 4.69) is 9.71 Å². The van der Waals surface area contributed by atoms with Gasteiger partial charge in [0.05, 0.1) is 10.6 Å². The zero-order valence-corrected chi connectivity index (χ0v) is 12.2. The number of benzene rings is 1. The van der Waals surface area contributed by atoms with Gasteiger partial charge in [-0.25, -0.2) is 8.42 Å². The molecule has 0 amide bonds. The van der Waals surface area contributed by atoms with Crippen molar-refractivity contribution in [1.82, 2.24) is 4.98 Å². The van der Waals surface area contributed by atoms with E-state index < -0.39 is 10.0 Å². The van der Waals surface area contributed by atoms with Gasteiger partial charge in [0.15, 0.2) is 0 Å². The summed E-state index contributed by atoms with van der Waals surface area (Å²) in [5.41, 5.74) is 8.35. The molecule has 2 rings (SSSR count). The summed E-state index contributed by atoms with van der Waals surface area (Å²) >= 11 is 0. The van der Waals surface area contributed by atoms with E-state index in [0.29, 0.717) is 17.8 Å². The molecular weight excluding hydrogens is 274 g/mol. The summed E-state index contributed by atoms with van der Waals surface area (Å²) in [4.78, 5) is 4.28. The standard InChI is InChI=1S/C14H17N3O2S/c1-10-8-13(6-7-16-10)17-20(18,19)14-5-3-4-12(9-15)11(14)2/h3-8H,9,15H2,1-2H3,(H,16,17). The maximum atomic E-state index is 12.4. The monoisotopic (exact) mass is 291 g/mol. The van der Waals surface area contributed by atoms with Crippen molar-refractivity contribution in [2.45, 2.75) is 25.3 Å². The van der Waals surface area contributed by atoms with Crippen LogP contribution in [0.5, 0.6) is 0 Å². The quantitative estimate of drug-likeness (QED) is 0.901. The van der Waals surface area contributed by atoms with E-state index in [4.69, 9.17) is 5.73 Å². The van der Waals surface area contributed by atoms with E-state index >= 15 is 0 Å². The van der Waals surface area contributed by atoms with Crippen LogP contribution in [0.15, 0.2) is 41.4 Å². The molecule has 3 N–H and O–H groups in total. The molecule has 0 atom stereocenters. The maximum Gasteiger partial charge on any atom is 0.262 e. The molecule has 0 saturated heterocycles. The summed E-state index contributed by atoms with van der Waals surface area (Å²) in [6.45, 7) is 3.87. The van der Waals surface area contributed by atoms with Crippen molar-refractivity contribution in [1.29, 1.82) is 0 Å². The van der Waals surface area contributed by atoms with Crippen LogP contribution >= 0.6 is 0 Å². The minimum atomic E-state index is -3.63. The van der Waals surface area contributed by atoms with Gasteiger partial charge in [-0.05, 0) is 43.2 Å². The van der Waals surface area contributed by atoms with Crippen molar-refractivity contribution in [3.8, 4) is 0 Å². The molecule has 5 nitrogen and oxygen atoms in total. The van der Waals surface area contributed by atoms with Crippen LogP contribution in [-0.2, 0) is 16.6 Å². The smallest absolute Gasteiger partial charge is 0.262 e. The minimum absolute atomic E-state index is 0.245.